The molecule has 0 saturated carbocycles. The topological polar surface area (TPSA) is 161 Å². The van der Waals surface area contributed by atoms with E-state index in [9.17, 15) is 9.90 Å². The third-order valence-corrected chi connectivity index (χ3v) is 4.54. The molecule has 0 atom stereocenters. The number of nitrogen functional groups attached to an aromatic ring is 1. The highest BCUT2D eigenvalue weighted by atomic mass is 35.5. The van der Waals surface area contributed by atoms with Gasteiger partial charge in [0.1, 0.15) is 11.4 Å². The van der Waals surface area contributed by atoms with Gasteiger partial charge in [-0.25, -0.2) is 10.1 Å². The first-order chi connectivity index (χ1) is 14.5. The van der Waals surface area contributed by atoms with Gasteiger partial charge in [0, 0.05) is 12.1 Å². The van der Waals surface area contributed by atoms with Crippen LogP contribution in [0, 0.1) is 0 Å². The number of aromatic hydroxyl groups is 1. The van der Waals surface area contributed by atoms with E-state index in [0.717, 1.165) is 13.1 Å². The van der Waals surface area contributed by atoms with Crippen molar-refractivity contribution in [3.63, 3.8) is 0 Å². The summed E-state index contributed by atoms with van der Waals surface area (Å²) in [7, 11) is 0. The maximum atomic E-state index is 13.0. The van der Waals surface area contributed by atoms with Gasteiger partial charge in [-0.3, -0.25) is 9.69 Å². The van der Waals surface area contributed by atoms with E-state index in [2.05, 4.69) is 40.7 Å². The van der Waals surface area contributed by atoms with Crippen molar-refractivity contribution in [3.8, 4) is 11.6 Å². The van der Waals surface area contributed by atoms with Gasteiger partial charge in [0.05, 0.1) is 5.71 Å². The maximum absolute atomic E-state index is 13.0. The predicted octanol–water partition coefficient (Wildman–Crippen LogP) is 1.36. The van der Waals surface area contributed by atoms with E-state index >= 15 is 0 Å². The molecule has 4 N–H and O–H groups in total. The first-order valence-corrected chi connectivity index (χ1v) is 9.34. The van der Waals surface area contributed by atoms with Gasteiger partial charge in [-0.05, 0) is 42.5 Å². The van der Waals surface area contributed by atoms with Gasteiger partial charge >= 0.3 is 0 Å². The first kappa shape index (κ1) is 23.8. The molecule has 0 aliphatic rings. The highest BCUT2D eigenvalue weighted by molar-refractivity contribution is 6.02. The maximum Gasteiger partial charge on any atom is 0.292 e. The number of hydrogen-bond donors (Lipinski definition) is 3. The van der Waals surface area contributed by atoms with Crippen LogP contribution >= 0.6 is 12.4 Å². The van der Waals surface area contributed by atoms with Crippen molar-refractivity contribution in [3.05, 3.63) is 41.2 Å². The first-order valence-electron chi connectivity index (χ1n) is 9.34. The number of phenolic OH excluding ortho intramolecular Hbond substituents is 1. The number of halogens is 1. The summed E-state index contributed by atoms with van der Waals surface area (Å²) in [6.07, 6.45) is 0. The van der Waals surface area contributed by atoms with Crippen LogP contribution < -0.4 is 11.2 Å². The predicted molar refractivity (Wildman–Crippen MR) is 115 cm³/mol. The molecule has 2 aromatic heterocycles. The number of hydrazone groups is 1. The number of benzene rings is 1. The average Bonchev–Trinajstić information content (AvgIpc) is 3.35. The summed E-state index contributed by atoms with van der Waals surface area (Å²) in [5.41, 5.74) is 9.70. The van der Waals surface area contributed by atoms with E-state index in [4.69, 9.17) is 5.73 Å². The minimum atomic E-state index is -0.570. The molecule has 0 radical (unpaired) electrons. The standard InChI is InChI=1S/C18H23N9O3.ClH/c1-4-26(5-2)10-13-15(27(25-21-13)17-16(19)23-30-24-17)18(29)22-20-11(3)12-8-6-7-9-14(12)28;/h6-9,28H,4-5,10H2,1-3H3,(H2,19,23)(H,22,29);1H/b20-11+;. The second kappa shape index (κ2) is 10.5. The zero-order valence-corrected chi connectivity index (χ0v) is 18.1. The lowest BCUT2D eigenvalue weighted by molar-refractivity contribution is 0.0944. The van der Waals surface area contributed by atoms with E-state index in [1.165, 1.54) is 10.7 Å². The Morgan fingerprint density at radius 3 is 2.61 bits per heavy atom. The molecule has 1 amide bonds. The second-order valence-corrected chi connectivity index (χ2v) is 6.39. The fourth-order valence-corrected chi connectivity index (χ4v) is 2.82. The number of anilines is 1. The van der Waals surface area contributed by atoms with Gasteiger partial charge in [-0.15, -0.1) is 17.5 Å². The number of para-hydroxylation sites is 1. The molecular weight excluding hydrogens is 426 g/mol. The SMILES string of the molecule is CCN(CC)Cc1nnn(-c2nonc2N)c1C(=O)N/N=C(\C)c1ccccc1O.Cl. The van der Waals surface area contributed by atoms with Crippen LogP contribution in [0.1, 0.15) is 42.5 Å². The molecule has 166 valence electrons. The highest BCUT2D eigenvalue weighted by Crippen LogP contribution is 2.18. The van der Waals surface area contributed by atoms with E-state index in [-0.39, 0.29) is 35.5 Å². The van der Waals surface area contributed by atoms with Gasteiger partial charge in [0.2, 0.25) is 11.6 Å². The Bertz CT molecular complexity index is 1060. The summed E-state index contributed by atoms with van der Waals surface area (Å²) in [5, 5.41) is 29.4. The van der Waals surface area contributed by atoms with Gasteiger partial charge in [-0.1, -0.05) is 31.2 Å². The van der Waals surface area contributed by atoms with Crippen LogP contribution in [0.15, 0.2) is 34.0 Å². The number of nitrogens with one attached hydrogen (secondary N) is 1. The summed E-state index contributed by atoms with van der Waals surface area (Å²) in [4.78, 5) is 15.1. The molecule has 0 spiro atoms. The molecule has 3 aromatic rings. The molecule has 2 heterocycles. The third-order valence-electron chi connectivity index (χ3n) is 4.54. The molecule has 0 aliphatic heterocycles. The third kappa shape index (κ3) is 5.16. The minimum Gasteiger partial charge on any atom is -0.507 e. The smallest absolute Gasteiger partial charge is 0.292 e. The summed E-state index contributed by atoms with van der Waals surface area (Å²) < 4.78 is 5.80. The van der Waals surface area contributed by atoms with Crippen LogP contribution in [0.2, 0.25) is 0 Å². The van der Waals surface area contributed by atoms with Crippen LogP contribution in [0.5, 0.6) is 5.75 Å². The lowest BCUT2D eigenvalue weighted by Gasteiger charge is -2.16. The lowest BCUT2D eigenvalue weighted by Crippen LogP contribution is -2.27. The number of rotatable bonds is 8. The van der Waals surface area contributed by atoms with E-state index < -0.39 is 5.91 Å². The van der Waals surface area contributed by atoms with Crippen LogP contribution in [0.25, 0.3) is 5.82 Å². The molecule has 0 fully saturated rings. The van der Waals surface area contributed by atoms with Gasteiger partial charge in [-0.2, -0.15) is 9.78 Å². The van der Waals surface area contributed by atoms with Gasteiger partial charge in [0.25, 0.3) is 5.91 Å². The monoisotopic (exact) mass is 449 g/mol. The number of amides is 1. The lowest BCUT2D eigenvalue weighted by atomic mass is 10.1. The van der Waals surface area contributed by atoms with Crippen molar-refractivity contribution >= 4 is 29.8 Å². The Hall–Kier alpha value is -3.51. The number of carbonyl (C=O) groups excluding carboxylic acids is 1. The quantitative estimate of drug-likeness (QED) is 0.340. The fourth-order valence-electron chi connectivity index (χ4n) is 2.82. The Balaban J connectivity index is 0.00000341. The summed E-state index contributed by atoms with van der Waals surface area (Å²) in [5.74, 6) is -0.486. The molecule has 0 aliphatic carbocycles. The largest absolute Gasteiger partial charge is 0.507 e. The molecule has 0 bridgehead atoms. The zero-order valence-electron chi connectivity index (χ0n) is 17.3. The van der Waals surface area contributed by atoms with Crippen molar-refractivity contribution in [2.75, 3.05) is 18.8 Å². The molecule has 0 unspecified atom stereocenters. The molecular formula is C18H24ClN9O3. The number of aromatic nitrogens is 5. The van der Waals surface area contributed by atoms with Crippen molar-refractivity contribution in [1.82, 2.24) is 35.6 Å². The van der Waals surface area contributed by atoms with Crippen molar-refractivity contribution in [2.45, 2.75) is 27.3 Å². The van der Waals surface area contributed by atoms with Crippen molar-refractivity contribution in [2.24, 2.45) is 5.10 Å². The Morgan fingerprint density at radius 1 is 1.29 bits per heavy atom. The average molecular weight is 450 g/mol. The zero-order chi connectivity index (χ0) is 21.7. The van der Waals surface area contributed by atoms with Gasteiger partial charge < -0.3 is 10.8 Å². The number of nitrogens with zero attached hydrogens (tertiary/aromatic N) is 7. The number of phenols is 1. The number of nitrogens with two attached hydrogens (primary N) is 1. The molecule has 13 heteroatoms. The van der Waals surface area contributed by atoms with Crippen LogP contribution in [-0.2, 0) is 6.54 Å². The Labute approximate surface area is 184 Å². The Morgan fingerprint density at radius 2 is 2.00 bits per heavy atom. The molecule has 3 rings (SSSR count). The van der Waals surface area contributed by atoms with Crippen molar-refractivity contribution < 1.29 is 14.5 Å². The summed E-state index contributed by atoms with van der Waals surface area (Å²) in [6, 6.07) is 6.69. The summed E-state index contributed by atoms with van der Waals surface area (Å²) in [6.45, 7) is 7.61. The van der Waals surface area contributed by atoms with Crippen molar-refractivity contribution in [1.29, 1.82) is 0 Å². The second-order valence-electron chi connectivity index (χ2n) is 6.39. The summed E-state index contributed by atoms with van der Waals surface area (Å²) >= 11 is 0. The van der Waals surface area contributed by atoms with Crippen LogP contribution in [0.3, 0.4) is 0 Å². The molecule has 31 heavy (non-hydrogen) atoms. The highest BCUT2D eigenvalue weighted by Gasteiger charge is 2.26. The van der Waals surface area contributed by atoms with Crippen LogP contribution in [-0.4, -0.2) is 60.0 Å². The van der Waals surface area contributed by atoms with E-state index in [1.807, 2.05) is 13.8 Å². The normalized spacial score (nSPS) is 11.4. The molecule has 1 aromatic carbocycles. The van der Waals surface area contributed by atoms with E-state index in [1.54, 1.807) is 25.1 Å². The Kier molecular flexibility index (Phi) is 8.05. The minimum absolute atomic E-state index is 0. The molecule has 0 saturated heterocycles. The molecule has 12 nitrogen and oxygen atoms in total. The van der Waals surface area contributed by atoms with Crippen LogP contribution in [0.4, 0.5) is 5.82 Å². The van der Waals surface area contributed by atoms with Gasteiger partial charge in [0.15, 0.2) is 5.69 Å². The van der Waals surface area contributed by atoms with E-state index in [0.29, 0.717) is 23.5 Å². The number of carbonyl (C=O) groups is 1. The fraction of sp³-hybridized carbons (Fsp3) is 0.333. The number of hydrogen-bond acceptors (Lipinski definition) is 10.